The van der Waals surface area contributed by atoms with Gasteiger partial charge in [0.2, 0.25) is 0 Å². The molecule has 1 nitrogen and oxygen atoms in total. The van der Waals surface area contributed by atoms with Crippen LogP contribution in [0.2, 0.25) is 0 Å². The second kappa shape index (κ2) is 7.17. The van der Waals surface area contributed by atoms with E-state index in [4.69, 9.17) is 0 Å². The van der Waals surface area contributed by atoms with E-state index in [1.807, 2.05) is 6.92 Å². The Bertz CT molecular complexity index is 292. The first-order valence-corrected chi connectivity index (χ1v) is 5.07. The maximum Gasteiger partial charge on any atom is 0.0576 e. The van der Waals surface area contributed by atoms with Gasteiger partial charge in [-0.05, 0) is 31.9 Å². The summed E-state index contributed by atoms with van der Waals surface area (Å²) in [6.07, 6.45) is 2.32. The first-order chi connectivity index (χ1) is 6.93. The zero-order chi connectivity index (χ0) is 10.1. The van der Waals surface area contributed by atoms with Crippen LogP contribution in [0.5, 0.6) is 0 Å². The van der Waals surface area contributed by atoms with E-state index in [2.05, 4.69) is 47.5 Å². The highest BCUT2D eigenvalue weighted by Crippen LogP contribution is 2.00. The van der Waals surface area contributed by atoms with Crippen molar-refractivity contribution in [3.05, 3.63) is 35.9 Å². The van der Waals surface area contributed by atoms with Gasteiger partial charge in [-0.3, -0.25) is 0 Å². The summed E-state index contributed by atoms with van der Waals surface area (Å²) in [5, 5.41) is 3.28. The van der Waals surface area contributed by atoms with Crippen molar-refractivity contribution in [2.45, 2.75) is 19.8 Å². The quantitative estimate of drug-likeness (QED) is 0.550. The van der Waals surface area contributed by atoms with Gasteiger partial charge in [0.15, 0.2) is 0 Å². The van der Waals surface area contributed by atoms with Crippen LogP contribution in [0.4, 0.5) is 0 Å². The Kier molecular flexibility index (Phi) is 5.54. The fourth-order valence-electron chi connectivity index (χ4n) is 1.30. The highest BCUT2D eigenvalue weighted by atomic mass is 14.8. The zero-order valence-corrected chi connectivity index (χ0v) is 8.72. The average Bonchev–Trinajstić information content (AvgIpc) is 2.25. The predicted molar refractivity (Wildman–Crippen MR) is 61.1 cm³/mol. The van der Waals surface area contributed by atoms with E-state index in [0.717, 1.165) is 19.5 Å². The van der Waals surface area contributed by atoms with E-state index in [-0.39, 0.29) is 0 Å². The summed E-state index contributed by atoms with van der Waals surface area (Å²) >= 11 is 0. The zero-order valence-electron chi connectivity index (χ0n) is 8.72. The Morgan fingerprint density at radius 3 is 2.71 bits per heavy atom. The van der Waals surface area contributed by atoms with Crippen LogP contribution < -0.4 is 5.32 Å². The molecule has 0 aromatic heterocycles. The molecule has 0 aliphatic heterocycles. The summed E-state index contributed by atoms with van der Waals surface area (Å²) in [4.78, 5) is 0. The molecule has 0 spiro atoms. The van der Waals surface area contributed by atoms with Gasteiger partial charge in [0.1, 0.15) is 0 Å². The molecule has 0 saturated heterocycles. The van der Waals surface area contributed by atoms with Crippen LogP contribution in [-0.2, 0) is 6.42 Å². The largest absolute Gasteiger partial charge is 0.306 e. The minimum absolute atomic E-state index is 0.811. The number of hydrogen-bond acceptors (Lipinski definition) is 1. The van der Waals surface area contributed by atoms with E-state index in [1.54, 1.807) is 0 Å². The standard InChI is InChI=1S/C13H17N/c1-2-3-11-14-12-7-10-13-8-5-4-6-9-13/h4-6,8-9,14H,7,10-12H2,1H3. The molecule has 1 aromatic carbocycles. The number of hydrogen-bond donors (Lipinski definition) is 1. The molecule has 0 radical (unpaired) electrons. The third-order valence-corrected chi connectivity index (χ3v) is 2.05. The molecule has 0 aliphatic rings. The molecule has 1 rings (SSSR count). The molecule has 0 amide bonds. The van der Waals surface area contributed by atoms with Crippen LogP contribution in [0.25, 0.3) is 0 Å². The lowest BCUT2D eigenvalue weighted by atomic mass is 10.1. The van der Waals surface area contributed by atoms with Crippen molar-refractivity contribution in [2.75, 3.05) is 13.1 Å². The van der Waals surface area contributed by atoms with E-state index in [1.165, 1.54) is 12.0 Å². The summed E-state index contributed by atoms with van der Waals surface area (Å²) in [6.45, 7) is 3.72. The molecule has 0 unspecified atom stereocenters. The van der Waals surface area contributed by atoms with Gasteiger partial charge in [0.05, 0.1) is 6.54 Å². The number of rotatable bonds is 5. The van der Waals surface area contributed by atoms with E-state index in [9.17, 15) is 0 Å². The van der Waals surface area contributed by atoms with Gasteiger partial charge in [-0.1, -0.05) is 36.3 Å². The van der Waals surface area contributed by atoms with Gasteiger partial charge in [-0.2, -0.15) is 0 Å². The van der Waals surface area contributed by atoms with Gasteiger partial charge >= 0.3 is 0 Å². The van der Waals surface area contributed by atoms with Crippen LogP contribution >= 0.6 is 0 Å². The van der Waals surface area contributed by atoms with E-state index < -0.39 is 0 Å². The van der Waals surface area contributed by atoms with Crippen molar-refractivity contribution < 1.29 is 0 Å². The fraction of sp³-hybridized carbons (Fsp3) is 0.385. The molecule has 1 N–H and O–H groups in total. The molecule has 0 fully saturated rings. The fourth-order valence-corrected chi connectivity index (χ4v) is 1.30. The summed E-state index contributed by atoms with van der Waals surface area (Å²) < 4.78 is 0. The van der Waals surface area contributed by atoms with E-state index >= 15 is 0 Å². The van der Waals surface area contributed by atoms with Crippen LogP contribution in [0.15, 0.2) is 30.3 Å². The summed E-state index contributed by atoms with van der Waals surface area (Å²) in [5.74, 6) is 5.85. The maximum absolute atomic E-state index is 3.28. The summed E-state index contributed by atoms with van der Waals surface area (Å²) in [5.41, 5.74) is 1.41. The summed E-state index contributed by atoms with van der Waals surface area (Å²) in [7, 11) is 0. The number of benzene rings is 1. The Balaban J connectivity index is 2.06. The lowest BCUT2D eigenvalue weighted by Crippen LogP contribution is -2.15. The molecule has 0 atom stereocenters. The Morgan fingerprint density at radius 1 is 1.21 bits per heavy atom. The number of nitrogens with one attached hydrogen (secondary N) is 1. The molecule has 0 bridgehead atoms. The lowest BCUT2D eigenvalue weighted by Gasteiger charge is -2.01. The summed E-state index contributed by atoms with van der Waals surface area (Å²) in [6, 6.07) is 10.6. The van der Waals surface area contributed by atoms with Crippen LogP contribution in [0.3, 0.4) is 0 Å². The molecule has 0 saturated carbocycles. The van der Waals surface area contributed by atoms with Crippen LogP contribution in [0.1, 0.15) is 18.9 Å². The maximum atomic E-state index is 3.28. The Labute approximate surface area is 86.5 Å². The minimum atomic E-state index is 0.811. The minimum Gasteiger partial charge on any atom is -0.306 e. The molecule has 0 aliphatic carbocycles. The van der Waals surface area contributed by atoms with Crippen molar-refractivity contribution in [1.29, 1.82) is 0 Å². The first kappa shape index (κ1) is 10.8. The molecule has 1 heteroatoms. The van der Waals surface area contributed by atoms with Gasteiger partial charge < -0.3 is 5.32 Å². The van der Waals surface area contributed by atoms with Crippen molar-refractivity contribution in [1.82, 2.24) is 5.32 Å². The first-order valence-electron chi connectivity index (χ1n) is 5.07. The molecule has 74 valence electrons. The topological polar surface area (TPSA) is 12.0 Å². The van der Waals surface area contributed by atoms with Gasteiger partial charge in [0.25, 0.3) is 0 Å². The predicted octanol–water partition coefficient (Wildman–Crippen LogP) is 2.23. The molecular formula is C13H17N. The van der Waals surface area contributed by atoms with Gasteiger partial charge in [-0.25, -0.2) is 0 Å². The van der Waals surface area contributed by atoms with Gasteiger partial charge in [-0.15, -0.1) is 5.92 Å². The van der Waals surface area contributed by atoms with Crippen molar-refractivity contribution >= 4 is 0 Å². The second-order valence-electron chi connectivity index (χ2n) is 3.19. The SMILES string of the molecule is CC#CCNCCCc1ccccc1. The molecular weight excluding hydrogens is 170 g/mol. The molecule has 1 aromatic rings. The van der Waals surface area contributed by atoms with Crippen LogP contribution in [0, 0.1) is 11.8 Å². The normalized spacial score (nSPS) is 9.21. The van der Waals surface area contributed by atoms with Crippen molar-refractivity contribution in [3.8, 4) is 11.8 Å². The molecule has 14 heavy (non-hydrogen) atoms. The third kappa shape index (κ3) is 4.69. The highest BCUT2D eigenvalue weighted by Gasteiger charge is 1.90. The van der Waals surface area contributed by atoms with Gasteiger partial charge in [0, 0.05) is 0 Å². The third-order valence-electron chi connectivity index (χ3n) is 2.05. The Morgan fingerprint density at radius 2 is 2.00 bits per heavy atom. The highest BCUT2D eigenvalue weighted by molar-refractivity contribution is 5.14. The van der Waals surface area contributed by atoms with E-state index in [0.29, 0.717) is 0 Å². The monoisotopic (exact) mass is 187 g/mol. The smallest absolute Gasteiger partial charge is 0.0576 e. The van der Waals surface area contributed by atoms with Crippen molar-refractivity contribution in [3.63, 3.8) is 0 Å². The van der Waals surface area contributed by atoms with Crippen LogP contribution in [-0.4, -0.2) is 13.1 Å². The number of aryl methyl sites for hydroxylation is 1. The second-order valence-corrected chi connectivity index (χ2v) is 3.19. The Hall–Kier alpha value is -1.26. The lowest BCUT2D eigenvalue weighted by molar-refractivity contribution is 0.698. The molecule has 0 heterocycles. The average molecular weight is 187 g/mol. The van der Waals surface area contributed by atoms with Crippen molar-refractivity contribution in [2.24, 2.45) is 0 Å².